The number of hydrogen-bond donors (Lipinski definition) is 3. The molecule has 0 saturated carbocycles. The predicted octanol–water partition coefficient (Wildman–Crippen LogP) is 0.825. The first-order chi connectivity index (χ1) is 7.00. The van der Waals surface area contributed by atoms with E-state index in [0.29, 0.717) is 18.7 Å². The van der Waals surface area contributed by atoms with Crippen LogP contribution in [0.3, 0.4) is 0 Å². The molecule has 0 fully saturated rings. The van der Waals surface area contributed by atoms with Crippen LogP contribution in [0.5, 0.6) is 5.75 Å². The molecule has 0 unspecified atom stereocenters. The van der Waals surface area contributed by atoms with Gasteiger partial charge in [-0.05, 0) is 31.4 Å². The summed E-state index contributed by atoms with van der Waals surface area (Å²) >= 11 is 0. The fourth-order valence-corrected chi connectivity index (χ4v) is 1.54. The van der Waals surface area contributed by atoms with Gasteiger partial charge in [-0.25, -0.2) is 0 Å². The molecular formula is C11H17N3O. The molecule has 0 saturated heterocycles. The van der Waals surface area contributed by atoms with Crippen molar-refractivity contribution in [2.45, 2.75) is 20.3 Å². The van der Waals surface area contributed by atoms with Crippen LogP contribution in [0, 0.1) is 13.8 Å². The predicted molar refractivity (Wildman–Crippen MR) is 62.0 cm³/mol. The quantitative estimate of drug-likeness (QED) is 0.507. The Kier molecular flexibility index (Phi) is 3.55. The highest BCUT2D eigenvalue weighted by molar-refractivity contribution is 5.75. The smallest absolute Gasteiger partial charge is 0.185 e. The Hall–Kier alpha value is -1.71. The van der Waals surface area contributed by atoms with Crippen LogP contribution >= 0.6 is 0 Å². The number of nitrogens with two attached hydrogens (primary N) is 2. The average Bonchev–Trinajstić information content (AvgIpc) is 2.12. The van der Waals surface area contributed by atoms with E-state index in [4.69, 9.17) is 11.5 Å². The molecule has 0 amide bonds. The molecule has 0 radical (unpaired) electrons. The van der Waals surface area contributed by atoms with Crippen LogP contribution < -0.4 is 11.5 Å². The van der Waals surface area contributed by atoms with E-state index in [-0.39, 0.29) is 5.96 Å². The maximum absolute atomic E-state index is 9.78. The minimum atomic E-state index is 0.0823. The number of guanidine groups is 1. The third-order valence-corrected chi connectivity index (χ3v) is 2.20. The monoisotopic (exact) mass is 207 g/mol. The van der Waals surface area contributed by atoms with Crippen molar-refractivity contribution in [1.29, 1.82) is 0 Å². The van der Waals surface area contributed by atoms with Gasteiger partial charge < -0.3 is 16.6 Å². The van der Waals surface area contributed by atoms with Gasteiger partial charge in [0.05, 0.1) is 0 Å². The molecule has 0 aliphatic heterocycles. The highest BCUT2D eigenvalue weighted by Crippen LogP contribution is 2.23. The third kappa shape index (κ3) is 3.16. The summed E-state index contributed by atoms with van der Waals surface area (Å²) in [6.45, 7) is 4.38. The van der Waals surface area contributed by atoms with Crippen LogP contribution in [0.15, 0.2) is 17.1 Å². The molecule has 15 heavy (non-hydrogen) atoms. The number of aliphatic imine (C=N–C) groups is 1. The molecule has 4 nitrogen and oxygen atoms in total. The van der Waals surface area contributed by atoms with Gasteiger partial charge in [0.15, 0.2) is 5.96 Å². The second-order valence-electron chi connectivity index (χ2n) is 3.65. The number of phenols is 1. The van der Waals surface area contributed by atoms with Gasteiger partial charge in [0.1, 0.15) is 5.75 Å². The molecule has 4 heteroatoms. The molecule has 0 aliphatic carbocycles. The van der Waals surface area contributed by atoms with Gasteiger partial charge in [0.2, 0.25) is 0 Å². The van der Waals surface area contributed by atoms with E-state index in [1.165, 1.54) is 0 Å². The van der Waals surface area contributed by atoms with Crippen molar-refractivity contribution in [3.63, 3.8) is 0 Å². The van der Waals surface area contributed by atoms with Crippen molar-refractivity contribution in [1.82, 2.24) is 0 Å². The lowest BCUT2D eigenvalue weighted by Gasteiger charge is -2.07. The standard InChI is InChI=1S/C11H17N3O/c1-7-5-8(2)10(15)9(6-7)3-4-14-11(12)13/h5-6,15H,3-4H2,1-2H3,(H4,12,13,14). The van der Waals surface area contributed by atoms with E-state index >= 15 is 0 Å². The van der Waals surface area contributed by atoms with E-state index in [2.05, 4.69) is 4.99 Å². The largest absolute Gasteiger partial charge is 0.507 e. The second kappa shape index (κ2) is 4.68. The Morgan fingerprint density at radius 2 is 2.00 bits per heavy atom. The van der Waals surface area contributed by atoms with Crippen molar-refractivity contribution >= 4 is 5.96 Å². The summed E-state index contributed by atoms with van der Waals surface area (Å²) in [6.07, 6.45) is 0.645. The van der Waals surface area contributed by atoms with E-state index in [9.17, 15) is 5.11 Å². The lowest BCUT2D eigenvalue weighted by molar-refractivity contribution is 0.464. The van der Waals surface area contributed by atoms with Crippen molar-refractivity contribution < 1.29 is 5.11 Å². The maximum atomic E-state index is 9.78. The zero-order valence-electron chi connectivity index (χ0n) is 9.12. The first-order valence-electron chi connectivity index (χ1n) is 4.85. The summed E-state index contributed by atoms with van der Waals surface area (Å²) in [6, 6.07) is 3.89. The summed E-state index contributed by atoms with van der Waals surface area (Å²) < 4.78 is 0. The second-order valence-corrected chi connectivity index (χ2v) is 3.65. The number of aryl methyl sites for hydroxylation is 2. The van der Waals surface area contributed by atoms with Crippen LogP contribution in [-0.4, -0.2) is 17.6 Å². The van der Waals surface area contributed by atoms with E-state index < -0.39 is 0 Å². The number of phenolic OH excluding ortho intramolecular Hbond substituents is 1. The minimum absolute atomic E-state index is 0.0823. The van der Waals surface area contributed by atoms with Crippen LogP contribution in [0.25, 0.3) is 0 Å². The molecule has 1 aromatic rings. The summed E-state index contributed by atoms with van der Waals surface area (Å²) in [5.41, 5.74) is 13.3. The van der Waals surface area contributed by atoms with Crippen LogP contribution in [0.1, 0.15) is 16.7 Å². The van der Waals surface area contributed by atoms with Crippen LogP contribution in [0.4, 0.5) is 0 Å². The molecule has 5 N–H and O–H groups in total. The van der Waals surface area contributed by atoms with Gasteiger partial charge in [0.25, 0.3) is 0 Å². The van der Waals surface area contributed by atoms with Crippen molar-refractivity contribution in [2.24, 2.45) is 16.5 Å². The zero-order chi connectivity index (χ0) is 11.4. The fourth-order valence-electron chi connectivity index (χ4n) is 1.54. The summed E-state index contributed by atoms with van der Waals surface area (Å²) in [5, 5.41) is 9.78. The third-order valence-electron chi connectivity index (χ3n) is 2.20. The molecule has 0 atom stereocenters. The van der Waals surface area contributed by atoms with Crippen LogP contribution in [0.2, 0.25) is 0 Å². The lowest BCUT2D eigenvalue weighted by Crippen LogP contribution is -2.23. The van der Waals surface area contributed by atoms with Gasteiger partial charge in [-0.15, -0.1) is 0 Å². The molecule has 0 aliphatic rings. The molecular weight excluding hydrogens is 190 g/mol. The zero-order valence-corrected chi connectivity index (χ0v) is 9.12. The number of rotatable bonds is 3. The van der Waals surface area contributed by atoms with Gasteiger partial charge in [0, 0.05) is 6.54 Å². The number of benzene rings is 1. The van der Waals surface area contributed by atoms with Crippen molar-refractivity contribution in [3.8, 4) is 5.75 Å². The number of nitrogens with zero attached hydrogens (tertiary/aromatic N) is 1. The number of hydrogen-bond acceptors (Lipinski definition) is 2. The van der Waals surface area contributed by atoms with Crippen molar-refractivity contribution in [2.75, 3.05) is 6.54 Å². The highest BCUT2D eigenvalue weighted by Gasteiger charge is 2.04. The average molecular weight is 207 g/mol. The lowest BCUT2D eigenvalue weighted by atomic mass is 10.0. The van der Waals surface area contributed by atoms with Gasteiger partial charge >= 0.3 is 0 Å². The summed E-state index contributed by atoms with van der Waals surface area (Å²) in [5.74, 6) is 0.422. The molecule has 0 bridgehead atoms. The Morgan fingerprint density at radius 3 is 2.60 bits per heavy atom. The molecule has 1 rings (SSSR count). The van der Waals surface area contributed by atoms with E-state index in [0.717, 1.165) is 16.7 Å². The van der Waals surface area contributed by atoms with E-state index in [1.54, 1.807) is 0 Å². The van der Waals surface area contributed by atoms with Gasteiger partial charge in [-0.3, -0.25) is 4.99 Å². The minimum Gasteiger partial charge on any atom is -0.507 e. The van der Waals surface area contributed by atoms with Crippen LogP contribution in [-0.2, 0) is 6.42 Å². The normalized spacial score (nSPS) is 10.0. The van der Waals surface area contributed by atoms with Gasteiger partial charge in [-0.2, -0.15) is 0 Å². The maximum Gasteiger partial charge on any atom is 0.185 e. The number of aromatic hydroxyl groups is 1. The van der Waals surface area contributed by atoms with Gasteiger partial charge in [-0.1, -0.05) is 17.7 Å². The molecule has 0 aromatic heterocycles. The topological polar surface area (TPSA) is 84.6 Å². The Balaban J connectivity index is 2.81. The molecule has 0 spiro atoms. The SMILES string of the molecule is Cc1cc(C)c(O)c(CCN=C(N)N)c1. The first-order valence-corrected chi connectivity index (χ1v) is 4.85. The van der Waals surface area contributed by atoms with Crippen molar-refractivity contribution in [3.05, 3.63) is 28.8 Å². The molecule has 82 valence electrons. The summed E-state index contributed by atoms with van der Waals surface area (Å²) in [7, 11) is 0. The molecule has 1 aromatic carbocycles. The van der Waals surface area contributed by atoms with E-state index in [1.807, 2.05) is 26.0 Å². The summed E-state index contributed by atoms with van der Waals surface area (Å²) in [4.78, 5) is 3.88. The first kappa shape index (κ1) is 11.4. The Bertz CT molecular complexity index is 382. The highest BCUT2D eigenvalue weighted by atomic mass is 16.3. The fraction of sp³-hybridized carbons (Fsp3) is 0.364. The Labute approximate surface area is 89.6 Å². The molecule has 0 heterocycles. The Morgan fingerprint density at radius 1 is 1.33 bits per heavy atom.